The van der Waals surface area contributed by atoms with Gasteiger partial charge >= 0.3 is 0 Å². The van der Waals surface area contributed by atoms with E-state index in [-0.39, 0.29) is 12.5 Å². The summed E-state index contributed by atoms with van der Waals surface area (Å²) in [4.78, 5) is 14.1. The molecule has 98 valence electrons. The molecule has 1 aliphatic heterocycles. The van der Waals surface area contributed by atoms with Crippen LogP contribution in [0, 0.1) is 0 Å². The predicted octanol–water partition coefficient (Wildman–Crippen LogP) is 0.235. The molecule has 0 radical (unpaired) electrons. The number of nitrogens with two attached hydrogens (primary N) is 1. The lowest BCUT2D eigenvalue weighted by atomic mass is 10.00. The number of nitrogen functional groups attached to an aromatic ring is 1. The average Bonchev–Trinajstić information content (AvgIpc) is 2.91. The van der Waals surface area contributed by atoms with Crippen LogP contribution in [0.1, 0.15) is 12.0 Å². The van der Waals surface area contributed by atoms with E-state index in [9.17, 15) is 4.79 Å². The van der Waals surface area contributed by atoms with E-state index in [1.54, 1.807) is 4.90 Å². The Bertz CT molecular complexity index is 594. The molecule has 0 atom stereocenters. The summed E-state index contributed by atoms with van der Waals surface area (Å²) in [5.74, 6) is -0.0288. The highest BCUT2D eigenvalue weighted by Gasteiger charge is 2.23. The van der Waals surface area contributed by atoms with Crippen molar-refractivity contribution in [1.29, 1.82) is 0 Å². The van der Waals surface area contributed by atoms with Gasteiger partial charge in [-0.3, -0.25) is 4.79 Å². The van der Waals surface area contributed by atoms with Crippen molar-refractivity contribution in [3.05, 3.63) is 30.1 Å². The molecule has 3 rings (SSSR count). The lowest BCUT2D eigenvalue weighted by Gasteiger charge is -2.30. The maximum atomic E-state index is 12.3. The fraction of sp³-hybridized carbons (Fsp3) is 0.333. The molecule has 0 aliphatic carbocycles. The minimum atomic E-state index is -0.0288. The maximum Gasteiger partial charge on any atom is 0.248 e. The first-order chi connectivity index (χ1) is 9.25. The number of nitrogens with zero attached hydrogens (tertiary/aromatic N) is 5. The van der Waals surface area contributed by atoms with Gasteiger partial charge in [0.25, 0.3) is 0 Å². The number of tetrazole rings is 1. The van der Waals surface area contributed by atoms with Gasteiger partial charge in [0.15, 0.2) is 0 Å². The van der Waals surface area contributed by atoms with Gasteiger partial charge in [0.2, 0.25) is 5.91 Å². The quantitative estimate of drug-likeness (QED) is 0.779. The molecular weight excluding hydrogens is 244 g/mol. The molecule has 1 aromatic heterocycles. The molecule has 0 bridgehead atoms. The van der Waals surface area contributed by atoms with E-state index in [2.05, 4.69) is 15.5 Å². The Morgan fingerprint density at radius 1 is 1.42 bits per heavy atom. The van der Waals surface area contributed by atoms with E-state index in [1.165, 1.54) is 11.0 Å². The summed E-state index contributed by atoms with van der Waals surface area (Å²) < 4.78 is 1.42. The van der Waals surface area contributed by atoms with Crippen molar-refractivity contribution in [2.45, 2.75) is 19.4 Å². The summed E-state index contributed by atoms with van der Waals surface area (Å²) in [6.45, 7) is 0.846. The zero-order valence-electron chi connectivity index (χ0n) is 10.4. The summed E-state index contributed by atoms with van der Waals surface area (Å²) in [6, 6.07) is 5.67. The molecular formula is C12H14N6O. The van der Waals surface area contributed by atoms with Crippen molar-refractivity contribution >= 4 is 17.3 Å². The third-order valence-corrected chi connectivity index (χ3v) is 3.28. The molecule has 19 heavy (non-hydrogen) atoms. The van der Waals surface area contributed by atoms with Gasteiger partial charge in [0, 0.05) is 17.9 Å². The van der Waals surface area contributed by atoms with Gasteiger partial charge in [-0.15, -0.1) is 5.10 Å². The molecule has 1 amide bonds. The van der Waals surface area contributed by atoms with Gasteiger partial charge < -0.3 is 10.6 Å². The summed E-state index contributed by atoms with van der Waals surface area (Å²) >= 11 is 0. The molecule has 0 saturated carbocycles. The van der Waals surface area contributed by atoms with Crippen molar-refractivity contribution in [1.82, 2.24) is 20.2 Å². The minimum Gasteiger partial charge on any atom is -0.398 e. The highest BCUT2D eigenvalue weighted by molar-refractivity contribution is 5.95. The zero-order valence-corrected chi connectivity index (χ0v) is 10.4. The van der Waals surface area contributed by atoms with Crippen molar-refractivity contribution < 1.29 is 4.79 Å². The number of carbonyl (C=O) groups is 1. The number of aromatic nitrogens is 4. The second-order valence-corrected chi connectivity index (χ2v) is 4.50. The van der Waals surface area contributed by atoms with Crippen LogP contribution in [-0.2, 0) is 17.8 Å². The highest BCUT2D eigenvalue weighted by atomic mass is 16.2. The zero-order chi connectivity index (χ0) is 13.2. The van der Waals surface area contributed by atoms with Crippen molar-refractivity contribution in [2.24, 2.45) is 0 Å². The molecule has 1 aliphatic rings. The van der Waals surface area contributed by atoms with Gasteiger partial charge in [-0.05, 0) is 41.0 Å². The van der Waals surface area contributed by atoms with Crippen LogP contribution >= 0.6 is 0 Å². The first-order valence-electron chi connectivity index (χ1n) is 6.14. The van der Waals surface area contributed by atoms with Gasteiger partial charge in [0.1, 0.15) is 12.9 Å². The average molecular weight is 258 g/mol. The first-order valence-corrected chi connectivity index (χ1v) is 6.14. The summed E-state index contributed by atoms with van der Waals surface area (Å²) in [5.41, 5.74) is 8.67. The van der Waals surface area contributed by atoms with Crippen molar-refractivity contribution in [3.63, 3.8) is 0 Å². The molecule has 2 aromatic rings. The van der Waals surface area contributed by atoms with Crippen LogP contribution in [0.3, 0.4) is 0 Å². The number of rotatable bonds is 2. The molecule has 1 aromatic carbocycles. The Morgan fingerprint density at radius 2 is 2.32 bits per heavy atom. The smallest absolute Gasteiger partial charge is 0.248 e. The second-order valence-electron chi connectivity index (χ2n) is 4.50. The molecule has 2 heterocycles. The number of anilines is 2. The van der Waals surface area contributed by atoms with E-state index >= 15 is 0 Å². The van der Waals surface area contributed by atoms with Crippen LogP contribution in [0.15, 0.2) is 24.5 Å². The van der Waals surface area contributed by atoms with Crippen LogP contribution in [-0.4, -0.2) is 32.7 Å². The number of hydrogen-bond acceptors (Lipinski definition) is 5. The molecule has 2 N–H and O–H groups in total. The largest absolute Gasteiger partial charge is 0.398 e. The van der Waals surface area contributed by atoms with E-state index in [4.69, 9.17) is 5.73 Å². The molecule has 7 nitrogen and oxygen atoms in total. The molecule has 0 spiro atoms. The van der Waals surface area contributed by atoms with Crippen LogP contribution in [0.5, 0.6) is 0 Å². The van der Waals surface area contributed by atoms with Crippen molar-refractivity contribution in [3.8, 4) is 0 Å². The van der Waals surface area contributed by atoms with Crippen LogP contribution in [0.25, 0.3) is 0 Å². The number of hydrogen-bond donors (Lipinski definition) is 1. The summed E-state index contributed by atoms with van der Waals surface area (Å²) in [5, 5.41) is 10.7. The second kappa shape index (κ2) is 4.68. The Balaban J connectivity index is 1.87. The Morgan fingerprint density at radius 3 is 3.11 bits per heavy atom. The summed E-state index contributed by atoms with van der Waals surface area (Å²) in [6.07, 6.45) is 3.27. The fourth-order valence-electron chi connectivity index (χ4n) is 2.39. The van der Waals surface area contributed by atoms with Gasteiger partial charge in [-0.25, -0.2) is 4.68 Å². The standard InChI is InChI=1S/C12H14N6O/c13-10-4-1-5-11-9(10)3-2-6-18(11)12(19)7-17-8-14-15-16-17/h1,4-5,8H,2-3,6-7,13H2. The Hall–Kier alpha value is -2.44. The lowest BCUT2D eigenvalue weighted by Crippen LogP contribution is -2.38. The van der Waals surface area contributed by atoms with E-state index in [0.717, 1.165) is 29.8 Å². The minimum absolute atomic E-state index is 0.0288. The fourth-order valence-corrected chi connectivity index (χ4v) is 2.39. The van der Waals surface area contributed by atoms with Gasteiger partial charge in [0.05, 0.1) is 0 Å². The highest BCUT2D eigenvalue weighted by Crippen LogP contribution is 2.31. The maximum absolute atomic E-state index is 12.3. The van der Waals surface area contributed by atoms with E-state index in [0.29, 0.717) is 6.54 Å². The predicted molar refractivity (Wildman–Crippen MR) is 69.3 cm³/mol. The number of benzene rings is 1. The normalized spacial score (nSPS) is 14.2. The summed E-state index contributed by atoms with van der Waals surface area (Å²) in [7, 11) is 0. The van der Waals surface area contributed by atoms with Gasteiger partial charge in [-0.1, -0.05) is 6.07 Å². The monoisotopic (exact) mass is 258 g/mol. The van der Waals surface area contributed by atoms with Crippen LogP contribution in [0.2, 0.25) is 0 Å². The molecule has 0 saturated heterocycles. The van der Waals surface area contributed by atoms with Crippen LogP contribution < -0.4 is 10.6 Å². The first kappa shape index (κ1) is 11.6. The SMILES string of the molecule is Nc1cccc2c1CCCN2C(=O)Cn1cnnn1. The topological polar surface area (TPSA) is 89.9 Å². The number of carbonyl (C=O) groups excluding carboxylic acids is 1. The third-order valence-electron chi connectivity index (χ3n) is 3.28. The third kappa shape index (κ3) is 2.14. The van der Waals surface area contributed by atoms with Gasteiger partial charge in [-0.2, -0.15) is 0 Å². The number of fused-ring (bicyclic) bond motifs is 1. The Labute approximate surface area is 110 Å². The molecule has 0 unspecified atom stereocenters. The molecule has 0 fully saturated rings. The van der Waals surface area contributed by atoms with Crippen LogP contribution in [0.4, 0.5) is 11.4 Å². The number of amides is 1. The van der Waals surface area contributed by atoms with E-state index < -0.39 is 0 Å². The van der Waals surface area contributed by atoms with E-state index in [1.807, 2.05) is 18.2 Å². The molecule has 7 heteroatoms. The Kier molecular flexibility index (Phi) is 2.86. The van der Waals surface area contributed by atoms with Crippen molar-refractivity contribution in [2.75, 3.05) is 17.2 Å². The lowest BCUT2D eigenvalue weighted by molar-refractivity contribution is -0.119.